The summed E-state index contributed by atoms with van der Waals surface area (Å²) in [4.78, 5) is 0. The summed E-state index contributed by atoms with van der Waals surface area (Å²) >= 11 is 0. The fourth-order valence-corrected chi connectivity index (χ4v) is 1.28. The molecule has 4 atom stereocenters. The summed E-state index contributed by atoms with van der Waals surface area (Å²) < 4.78 is 9.86. The third-order valence-electron chi connectivity index (χ3n) is 1.97. The fourth-order valence-electron chi connectivity index (χ4n) is 1.28. The zero-order chi connectivity index (χ0) is 9.14. The number of aliphatic hydroxyl groups excluding tert-OH is 3. The molecule has 0 aromatic rings. The largest absolute Gasteiger partial charge is 0.394 e. The summed E-state index contributed by atoms with van der Waals surface area (Å²) in [6.07, 6.45) is -3.22. The van der Waals surface area contributed by atoms with Gasteiger partial charge in [-0.05, 0) is 0 Å². The van der Waals surface area contributed by atoms with Crippen LogP contribution in [-0.2, 0) is 9.47 Å². The van der Waals surface area contributed by atoms with Gasteiger partial charge in [0.2, 0.25) is 0 Å². The zero-order valence-electron chi connectivity index (χ0n) is 6.88. The number of aliphatic hydroxyl groups is 3. The van der Waals surface area contributed by atoms with Crippen LogP contribution in [-0.4, -0.2) is 60.1 Å². The summed E-state index contributed by atoms with van der Waals surface area (Å²) in [6.45, 7) is -0.0762. The van der Waals surface area contributed by atoms with Crippen LogP contribution in [0.4, 0.5) is 0 Å². The standard InChI is InChI=1S/C7H14O5/c1-11-3-5-7(10)6(9)4(2-8)12-5/h4-10H,2-3H2,1H3/t4-,5+,6-,7-/m1/s1. The lowest BCUT2D eigenvalue weighted by Crippen LogP contribution is -2.35. The monoisotopic (exact) mass is 178 g/mol. The highest BCUT2D eigenvalue weighted by Gasteiger charge is 2.41. The van der Waals surface area contributed by atoms with Crippen LogP contribution in [0.15, 0.2) is 0 Å². The highest BCUT2D eigenvalue weighted by molar-refractivity contribution is 4.89. The normalized spacial score (nSPS) is 42.0. The molecule has 72 valence electrons. The van der Waals surface area contributed by atoms with E-state index in [0.717, 1.165) is 0 Å². The van der Waals surface area contributed by atoms with E-state index >= 15 is 0 Å². The van der Waals surface area contributed by atoms with Crippen molar-refractivity contribution in [1.29, 1.82) is 0 Å². The maximum atomic E-state index is 9.32. The van der Waals surface area contributed by atoms with E-state index in [-0.39, 0.29) is 13.2 Å². The van der Waals surface area contributed by atoms with Crippen LogP contribution in [0.25, 0.3) is 0 Å². The summed E-state index contributed by atoms with van der Waals surface area (Å²) in [5, 5.41) is 27.3. The molecule has 0 aromatic carbocycles. The van der Waals surface area contributed by atoms with E-state index in [9.17, 15) is 10.2 Å². The van der Waals surface area contributed by atoms with Gasteiger partial charge < -0.3 is 24.8 Å². The van der Waals surface area contributed by atoms with Gasteiger partial charge in [0.25, 0.3) is 0 Å². The van der Waals surface area contributed by atoms with Crippen LogP contribution >= 0.6 is 0 Å². The second kappa shape index (κ2) is 4.15. The van der Waals surface area contributed by atoms with Gasteiger partial charge in [0, 0.05) is 7.11 Å². The predicted octanol–water partition coefficient (Wildman–Crippen LogP) is -1.89. The molecular weight excluding hydrogens is 164 g/mol. The second-order valence-corrected chi connectivity index (χ2v) is 2.83. The average molecular weight is 178 g/mol. The molecule has 0 aromatic heterocycles. The van der Waals surface area contributed by atoms with Gasteiger partial charge >= 0.3 is 0 Å². The maximum Gasteiger partial charge on any atom is 0.111 e. The summed E-state index contributed by atoms with van der Waals surface area (Å²) in [5.74, 6) is 0. The molecule has 3 N–H and O–H groups in total. The van der Waals surface area contributed by atoms with E-state index in [0.29, 0.717) is 0 Å². The van der Waals surface area contributed by atoms with E-state index in [4.69, 9.17) is 14.6 Å². The Morgan fingerprint density at radius 2 is 1.83 bits per heavy atom. The Morgan fingerprint density at radius 3 is 2.25 bits per heavy atom. The smallest absolute Gasteiger partial charge is 0.111 e. The number of rotatable bonds is 3. The van der Waals surface area contributed by atoms with Crippen molar-refractivity contribution < 1.29 is 24.8 Å². The third kappa shape index (κ3) is 1.75. The van der Waals surface area contributed by atoms with Gasteiger partial charge in [-0.15, -0.1) is 0 Å². The van der Waals surface area contributed by atoms with Gasteiger partial charge in [0.05, 0.1) is 13.2 Å². The van der Waals surface area contributed by atoms with Crippen LogP contribution < -0.4 is 0 Å². The molecular formula is C7H14O5. The first-order valence-corrected chi connectivity index (χ1v) is 3.82. The van der Waals surface area contributed by atoms with Crippen LogP contribution in [0, 0.1) is 0 Å². The molecule has 0 spiro atoms. The lowest BCUT2D eigenvalue weighted by molar-refractivity contribution is -0.0473. The fraction of sp³-hybridized carbons (Fsp3) is 1.00. The zero-order valence-corrected chi connectivity index (χ0v) is 6.88. The van der Waals surface area contributed by atoms with Gasteiger partial charge in [-0.3, -0.25) is 0 Å². The molecule has 0 aliphatic carbocycles. The van der Waals surface area contributed by atoms with Crippen LogP contribution in [0.3, 0.4) is 0 Å². The third-order valence-corrected chi connectivity index (χ3v) is 1.97. The first-order valence-electron chi connectivity index (χ1n) is 3.82. The van der Waals surface area contributed by atoms with Crippen molar-refractivity contribution in [1.82, 2.24) is 0 Å². The number of ether oxygens (including phenoxy) is 2. The van der Waals surface area contributed by atoms with Crippen molar-refractivity contribution in [3.05, 3.63) is 0 Å². The van der Waals surface area contributed by atoms with Crippen LogP contribution in [0.2, 0.25) is 0 Å². The molecule has 1 aliphatic rings. The average Bonchev–Trinajstić information content (AvgIpc) is 2.33. The van der Waals surface area contributed by atoms with Gasteiger partial charge in [-0.1, -0.05) is 0 Å². The Morgan fingerprint density at radius 1 is 1.25 bits per heavy atom. The predicted molar refractivity (Wildman–Crippen MR) is 39.6 cm³/mol. The van der Waals surface area contributed by atoms with Crippen LogP contribution in [0.5, 0.6) is 0 Å². The van der Waals surface area contributed by atoms with Crippen molar-refractivity contribution in [3.8, 4) is 0 Å². The van der Waals surface area contributed by atoms with E-state index in [2.05, 4.69) is 0 Å². The maximum absolute atomic E-state index is 9.32. The van der Waals surface area contributed by atoms with Gasteiger partial charge in [-0.25, -0.2) is 0 Å². The first kappa shape index (κ1) is 9.88. The highest BCUT2D eigenvalue weighted by atomic mass is 16.6. The van der Waals surface area contributed by atoms with Crippen LogP contribution in [0.1, 0.15) is 0 Å². The van der Waals surface area contributed by atoms with Crippen molar-refractivity contribution in [2.45, 2.75) is 24.4 Å². The topological polar surface area (TPSA) is 79.2 Å². The molecule has 1 rings (SSSR count). The molecule has 1 fully saturated rings. The van der Waals surface area contributed by atoms with Gasteiger partial charge in [0.15, 0.2) is 0 Å². The Balaban J connectivity index is 2.48. The van der Waals surface area contributed by atoms with Crippen molar-refractivity contribution in [3.63, 3.8) is 0 Å². The Bertz CT molecular complexity index is 140. The molecule has 5 nitrogen and oxygen atoms in total. The highest BCUT2D eigenvalue weighted by Crippen LogP contribution is 2.20. The van der Waals surface area contributed by atoms with Crippen molar-refractivity contribution >= 4 is 0 Å². The minimum atomic E-state index is -1.02. The van der Waals surface area contributed by atoms with E-state index in [1.165, 1.54) is 7.11 Å². The van der Waals surface area contributed by atoms with Gasteiger partial charge in [0.1, 0.15) is 24.4 Å². The number of hydrogen-bond acceptors (Lipinski definition) is 5. The lowest BCUT2D eigenvalue weighted by Gasteiger charge is -2.12. The molecule has 1 heterocycles. The molecule has 0 saturated carbocycles. The SMILES string of the molecule is COC[C@@H]1O[C@H](CO)[C@@H](O)[C@@H]1O. The Labute approximate surface area is 70.5 Å². The number of hydrogen-bond donors (Lipinski definition) is 3. The lowest BCUT2D eigenvalue weighted by atomic mass is 10.1. The molecule has 0 unspecified atom stereocenters. The molecule has 1 saturated heterocycles. The quantitative estimate of drug-likeness (QED) is 0.471. The molecule has 0 amide bonds. The molecule has 0 bridgehead atoms. The number of methoxy groups -OCH3 is 1. The second-order valence-electron chi connectivity index (χ2n) is 2.83. The molecule has 1 aliphatic heterocycles. The molecule has 0 radical (unpaired) electrons. The Kier molecular flexibility index (Phi) is 3.42. The minimum Gasteiger partial charge on any atom is -0.394 e. The summed E-state index contributed by atoms with van der Waals surface area (Å²) in [7, 11) is 1.48. The molecule has 12 heavy (non-hydrogen) atoms. The molecule has 5 heteroatoms. The first-order chi connectivity index (χ1) is 5.70. The summed E-state index contributed by atoms with van der Waals surface area (Å²) in [5.41, 5.74) is 0. The van der Waals surface area contributed by atoms with E-state index in [1.807, 2.05) is 0 Å². The van der Waals surface area contributed by atoms with Gasteiger partial charge in [-0.2, -0.15) is 0 Å². The van der Waals surface area contributed by atoms with E-state index < -0.39 is 24.4 Å². The van der Waals surface area contributed by atoms with Crippen molar-refractivity contribution in [2.24, 2.45) is 0 Å². The minimum absolute atomic E-state index is 0.217. The van der Waals surface area contributed by atoms with E-state index in [1.54, 1.807) is 0 Å². The van der Waals surface area contributed by atoms with Crippen molar-refractivity contribution in [2.75, 3.05) is 20.3 Å². The Hall–Kier alpha value is -0.200. The summed E-state index contributed by atoms with van der Waals surface area (Å²) in [6, 6.07) is 0.